The van der Waals surface area contributed by atoms with Crippen LogP contribution in [-0.2, 0) is 25.9 Å². The Labute approximate surface area is 240 Å². The van der Waals surface area contributed by atoms with Crippen LogP contribution < -0.4 is 38.0 Å². The summed E-state index contributed by atoms with van der Waals surface area (Å²) < 4.78 is 0. The lowest BCUT2D eigenvalue weighted by Gasteiger charge is -2.32. The van der Waals surface area contributed by atoms with Crippen LogP contribution in [0.4, 0.5) is 11.4 Å². The van der Waals surface area contributed by atoms with E-state index in [9.17, 15) is 19.2 Å². The summed E-state index contributed by atoms with van der Waals surface area (Å²) in [6, 6.07) is 13.0. The van der Waals surface area contributed by atoms with E-state index in [1.807, 2.05) is 41.3 Å². The van der Waals surface area contributed by atoms with Crippen LogP contribution in [-0.4, -0.2) is 34.5 Å². The summed E-state index contributed by atoms with van der Waals surface area (Å²) in [4.78, 5) is 59.4. The molecule has 0 bridgehead atoms. The molecule has 0 spiro atoms. The minimum atomic E-state index is -0.630. The van der Waals surface area contributed by atoms with Gasteiger partial charge in [0, 0.05) is 25.7 Å². The highest BCUT2D eigenvalue weighted by Gasteiger charge is 2.27. The Morgan fingerprint density at radius 2 is 1.79 bits per heavy atom. The standard InChI is InChI=1S/C30H28N8O4/c31-25-26(28(40)27(25)39)38-8-7-18-3-1-16(10-20(18)14-38)12-33-29(41)23-11-24(35-15-34-23)30(42)37-22-6-4-19-9-17(13-36-32)2-5-21(19)22/h1-3,5,9-11,13,15,22H,4,6-8,12,14,31-32H2,(H,33,41)(H,37,42)/b36-13+. The quantitative estimate of drug-likeness (QED) is 0.109. The molecule has 42 heavy (non-hydrogen) atoms. The van der Waals surface area contributed by atoms with E-state index in [1.165, 1.54) is 12.4 Å². The first-order valence-corrected chi connectivity index (χ1v) is 13.5. The van der Waals surface area contributed by atoms with E-state index >= 15 is 0 Å². The van der Waals surface area contributed by atoms with Crippen molar-refractivity contribution in [1.82, 2.24) is 20.6 Å². The molecule has 0 radical (unpaired) electrons. The lowest BCUT2D eigenvalue weighted by molar-refractivity contribution is 0.0931. The number of nitrogen functional groups attached to an aromatic ring is 1. The second kappa shape index (κ2) is 10.9. The van der Waals surface area contributed by atoms with Gasteiger partial charge in [0.25, 0.3) is 22.7 Å². The number of aromatic nitrogens is 2. The molecule has 2 amide bonds. The van der Waals surface area contributed by atoms with Gasteiger partial charge in [-0.3, -0.25) is 19.2 Å². The van der Waals surface area contributed by atoms with Crippen molar-refractivity contribution in [3.05, 3.63) is 114 Å². The summed E-state index contributed by atoms with van der Waals surface area (Å²) >= 11 is 0. The highest BCUT2D eigenvalue weighted by molar-refractivity contribution is 5.97. The number of benzene rings is 2. The molecule has 1 aliphatic carbocycles. The van der Waals surface area contributed by atoms with Gasteiger partial charge < -0.3 is 27.1 Å². The molecule has 1 aromatic heterocycles. The Bertz CT molecular complexity index is 1820. The largest absolute Gasteiger partial charge is 0.394 e. The van der Waals surface area contributed by atoms with Crippen molar-refractivity contribution in [3.8, 4) is 0 Å². The lowest BCUT2D eigenvalue weighted by atomic mass is 9.96. The average Bonchev–Trinajstić information content (AvgIpc) is 3.41. The van der Waals surface area contributed by atoms with Crippen LogP contribution in [0.15, 0.2) is 63.5 Å². The SMILES string of the molecule is N/N=C/c1ccc2c(c1)CCC2NC(=O)c1cc(C(=O)NCc2ccc3c(c2)CN(c2c(N)c(=O)c2=O)CC3)ncn1. The van der Waals surface area contributed by atoms with Gasteiger partial charge in [-0.25, -0.2) is 9.97 Å². The molecule has 3 aromatic carbocycles. The Hall–Kier alpha value is -5.39. The van der Waals surface area contributed by atoms with Gasteiger partial charge in [-0.1, -0.05) is 30.3 Å². The summed E-state index contributed by atoms with van der Waals surface area (Å²) in [7, 11) is 0. The van der Waals surface area contributed by atoms with E-state index < -0.39 is 22.7 Å². The van der Waals surface area contributed by atoms with E-state index in [4.69, 9.17) is 11.6 Å². The number of hydrogen-bond donors (Lipinski definition) is 4. The van der Waals surface area contributed by atoms with Crippen LogP contribution in [0.1, 0.15) is 66.8 Å². The fraction of sp³-hybridized carbons (Fsp3) is 0.233. The molecule has 2 heterocycles. The fourth-order valence-electron chi connectivity index (χ4n) is 5.69. The maximum absolute atomic E-state index is 13.0. The molecular weight excluding hydrogens is 536 g/mol. The molecule has 12 heteroatoms. The summed E-state index contributed by atoms with van der Waals surface area (Å²) in [5, 5.41) is 9.41. The van der Waals surface area contributed by atoms with Crippen molar-refractivity contribution in [2.24, 2.45) is 10.9 Å². The number of nitrogens with one attached hydrogen (secondary N) is 2. The topological polar surface area (TPSA) is 186 Å². The summed E-state index contributed by atoms with van der Waals surface area (Å²) in [5.74, 6) is 4.42. The molecule has 4 aromatic rings. The van der Waals surface area contributed by atoms with Gasteiger partial charge >= 0.3 is 0 Å². The van der Waals surface area contributed by atoms with Crippen LogP contribution in [0.25, 0.3) is 0 Å². The van der Waals surface area contributed by atoms with Gasteiger partial charge in [-0.05, 0) is 58.7 Å². The van der Waals surface area contributed by atoms with Crippen LogP contribution in [0.2, 0.25) is 0 Å². The van der Waals surface area contributed by atoms with E-state index in [2.05, 4.69) is 25.7 Å². The molecular formula is C30H28N8O4. The van der Waals surface area contributed by atoms with Crippen molar-refractivity contribution in [3.63, 3.8) is 0 Å². The highest BCUT2D eigenvalue weighted by Crippen LogP contribution is 2.32. The molecule has 1 unspecified atom stereocenters. The van der Waals surface area contributed by atoms with Crippen molar-refractivity contribution >= 4 is 29.4 Å². The molecule has 12 nitrogen and oxygen atoms in total. The molecule has 0 saturated heterocycles. The molecule has 1 aliphatic heterocycles. The lowest BCUT2D eigenvalue weighted by Crippen LogP contribution is -2.44. The number of carbonyl (C=O) groups is 2. The van der Waals surface area contributed by atoms with Crippen LogP contribution in [0.5, 0.6) is 0 Å². The number of nitrogens with two attached hydrogens (primary N) is 2. The van der Waals surface area contributed by atoms with Gasteiger partial charge in [0.15, 0.2) is 0 Å². The second-order valence-electron chi connectivity index (χ2n) is 10.5. The predicted octanol–water partition coefficient (Wildman–Crippen LogP) is 0.857. The van der Waals surface area contributed by atoms with E-state index in [-0.39, 0.29) is 35.3 Å². The van der Waals surface area contributed by atoms with Crippen LogP contribution in [0, 0.1) is 0 Å². The Morgan fingerprint density at radius 1 is 0.976 bits per heavy atom. The molecule has 1 atom stereocenters. The van der Waals surface area contributed by atoms with Gasteiger partial charge in [0.2, 0.25) is 0 Å². The first kappa shape index (κ1) is 26.8. The third-order valence-electron chi connectivity index (χ3n) is 7.88. The Kier molecular flexibility index (Phi) is 6.95. The maximum Gasteiger partial charge on any atom is 0.270 e. The van der Waals surface area contributed by atoms with Crippen molar-refractivity contribution in [1.29, 1.82) is 0 Å². The number of hydrogen-bond acceptors (Lipinski definition) is 10. The average molecular weight is 565 g/mol. The predicted molar refractivity (Wildman–Crippen MR) is 157 cm³/mol. The highest BCUT2D eigenvalue weighted by atomic mass is 16.2. The smallest absolute Gasteiger partial charge is 0.270 e. The third-order valence-corrected chi connectivity index (χ3v) is 7.88. The number of rotatable bonds is 7. The molecule has 6 N–H and O–H groups in total. The zero-order valence-corrected chi connectivity index (χ0v) is 22.6. The number of nitrogens with zero attached hydrogens (tertiary/aromatic N) is 4. The molecule has 0 saturated carbocycles. The van der Waals surface area contributed by atoms with E-state index in [0.29, 0.717) is 19.5 Å². The van der Waals surface area contributed by atoms with Crippen molar-refractivity contribution in [2.45, 2.75) is 38.4 Å². The minimum absolute atomic E-state index is 0.0187. The molecule has 2 aliphatic rings. The third kappa shape index (κ3) is 4.98. The molecule has 212 valence electrons. The first-order chi connectivity index (χ1) is 20.3. The fourth-order valence-corrected chi connectivity index (χ4v) is 5.69. The second-order valence-corrected chi connectivity index (χ2v) is 10.5. The van der Waals surface area contributed by atoms with Gasteiger partial charge in [-0.15, -0.1) is 0 Å². The van der Waals surface area contributed by atoms with E-state index in [0.717, 1.165) is 46.2 Å². The number of fused-ring (bicyclic) bond motifs is 2. The first-order valence-electron chi connectivity index (χ1n) is 13.5. The van der Waals surface area contributed by atoms with Crippen molar-refractivity contribution < 1.29 is 9.59 Å². The summed E-state index contributed by atoms with van der Waals surface area (Å²) in [6.07, 6.45) is 5.06. The maximum atomic E-state index is 13.0. The number of carbonyl (C=O) groups excluding carboxylic acids is 2. The summed E-state index contributed by atoms with van der Waals surface area (Å²) in [5.41, 5.74) is 11.1. The number of aryl methyl sites for hydroxylation is 1. The number of amides is 2. The molecule has 0 fully saturated rings. The van der Waals surface area contributed by atoms with Gasteiger partial charge in [-0.2, -0.15) is 5.10 Å². The number of hydrazone groups is 1. The minimum Gasteiger partial charge on any atom is -0.394 e. The Morgan fingerprint density at radius 3 is 2.57 bits per heavy atom. The number of anilines is 2. The van der Waals surface area contributed by atoms with E-state index in [1.54, 1.807) is 6.21 Å². The zero-order chi connectivity index (χ0) is 29.4. The molecule has 6 rings (SSSR count). The van der Waals surface area contributed by atoms with Crippen LogP contribution >= 0.6 is 0 Å². The summed E-state index contributed by atoms with van der Waals surface area (Å²) in [6.45, 7) is 1.28. The monoisotopic (exact) mass is 564 g/mol. The van der Waals surface area contributed by atoms with Gasteiger partial charge in [0.05, 0.1) is 12.3 Å². The zero-order valence-electron chi connectivity index (χ0n) is 22.6. The van der Waals surface area contributed by atoms with Gasteiger partial charge in [0.1, 0.15) is 29.1 Å². The van der Waals surface area contributed by atoms with Crippen LogP contribution in [0.3, 0.4) is 0 Å². The Balaban J connectivity index is 1.08. The normalized spacial score (nSPS) is 15.9. The van der Waals surface area contributed by atoms with Crippen molar-refractivity contribution in [2.75, 3.05) is 17.2 Å².